The van der Waals surface area contributed by atoms with Crippen molar-refractivity contribution in [2.75, 3.05) is 6.54 Å². The van der Waals surface area contributed by atoms with Crippen molar-refractivity contribution >= 4 is 0 Å². The van der Waals surface area contributed by atoms with Crippen LogP contribution in [0.5, 0.6) is 0 Å². The molecular formula is C15H27N3. The van der Waals surface area contributed by atoms with Crippen molar-refractivity contribution in [2.45, 2.75) is 60.4 Å². The van der Waals surface area contributed by atoms with Crippen LogP contribution in [0.1, 0.15) is 64.2 Å². The van der Waals surface area contributed by atoms with E-state index in [1.807, 2.05) is 6.20 Å². The average molecular weight is 249 g/mol. The number of hydrogen-bond acceptors (Lipinski definition) is 3. The van der Waals surface area contributed by atoms with Crippen LogP contribution >= 0.6 is 0 Å². The Labute approximate surface area is 111 Å². The summed E-state index contributed by atoms with van der Waals surface area (Å²) in [6.45, 7) is 14.1. The molecule has 0 aliphatic heterocycles. The van der Waals surface area contributed by atoms with Gasteiger partial charge in [0.1, 0.15) is 5.82 Å². The average Bonchev–Trinajstić information content (AvgIpc) is 2.23. The van der Waals surface area contributed by atoms with Gasteiger partial charge in [-0.25, -0.2) is 9.97 Å². The Kier molecular flexibility index (Phi) is 5.27. The van der Waals surface area contributed by atoms with E-state index in [-0.39, 0.29) is 5.41 Å². The van der Waals surface area contributed by atoms with E-state index < -0.39 is 0 Å². The molecule has 3 nitrogen and oxygen atoms in total. The number of hydrogen-bond donors (Lipinski definition) is 1. The highest BCUT2D eigenvalue weighted by atomic mass is 14.9. The number of aryl methyl sites for hydroxylation is 1. The molecule has 1 rings (SSSR count). The van der Waals surface area contributed by atoms with Gasteiger partial charge in [0, 0.05) is 29.9 Å². The molecule has 0 spiro atoms. The van der Waals surface area contributed by atoms with Gasteiger partial charge in [-0.15, -0.1) is 0 Å². The first-order chi connectivity index (χ1) is 8.33. The van der Waals surface area contributed by atoms with Gasteiger partial charge in [-0.2, -0.15) is 0 Å². The summed E-state index contributed by atoms with van der Waals surface area (Å²) in [6.07, 6.45) is 4.05. The minimum atomic E-state index is 0.236. The summed E-state index contributed by atoms with van der Waals surface area (Å²) in [5, 5.41) is 3.48. The maximum Gasteiger partial charge on any atom is 0.129 e. The van der Waals surface area contributed by atoms with Crippen molar-refractivity contribution in [1.82, 2.24) is 15.3 Å². The molecule has 1 aromatic heterocycles. The van der Waals surface area contributed by atoms with Gasteiger partial charge in [0.2, 0.25) is 0 Å². The van der Waals surface area contributed by atoms with E-state index in [9.17, 15) is 0 Å². The molecule has 1 aromatic rings. The van der Waals surface area contributed by atoms with Gasteiger partial charge in [-0.05, 0) is 32.2 Å². The zero-order chi connectivity index (χ0) is 13.8. The molecule has 0 aromatic carbocycles. The van der Waals surface area contributed by atoms with Crippen LogP contribution in [-0.2, 0) is 6.42 Å². The zero-order valence-corrected chi connectivity index (χ0v) is 12.7. The first-order valence-corrected chi connectivity index (χ1v) is 6.89. The lowest BCUT2D eigenvalue weighted by molar-refractivity contribution is 0.399. The molecule has 1 unspecified atom stereocenters. The summed E-state index contributed by atoms with van der Waals surface area (Å²) < 4.78 is 0. The maximum atomic E-state index is 4.64. The van der Waals surface area contributed by atoms with Crippen molar-refractivity contribution in [3.05, 3.63) is 23.3 Å². The van der Waals surface area contributed by atoms with Crippen molar-refractivity contribution in [3.8, 4) is 0 Å². The van der Waals surface area contributed by atoms with Gasteiger partial charge < -0.3 is 5.32 Å². The van der Waals surface area contributed by atoms with Gasteiger partial charge >= 0.3 is 0 Å². The van der Waals surface area contributed by atoms with E-state index in [2.05, 4.69) is 56.8 Å². The lowest BCUT2D eigenvalue weighted by Crippen LogP contribution is -2.21. The Balaban J connectivity index is 2.79. The van der Waals surface area contributed by atoms with E-state index in [4.69, 9.17) is 0 Å². The predicted octanol–water partition coefficient (Wildman–Crippen LogP) is 3.43. The highest BCUT2D eigenvalue weighted by Crippen LogP contribution is 2.20. The standard InChI is InChI=1S/C15H27N3/c1-7-8-16-11(2)13-10-17-14(18-12(13)3)9-15(4,5)6/h10-11,16H,7-9H2,1-6H3. The Morgan fingerprint density at radius 1 is 1.33 bits per heavy atom. The molecule has 1 heterocycles. The summed E-state index contributed by atoms with van der Waals surface area (Å²) in [5.74, 6) is 0.950. The van der Waals surface area contributed by atoms with Crippen LogP contribution in [0.25, 0.3) is 0 Å². The lowest BCUT2D eigenvalue weighted by atomic mass is 9.92. The number of nitrogens with one attached hydrogen (secondary N) is 1. The molecule has 102 valence electrons. The number of aromatic nitrogens is 2. The largest absolute Gasteiger partial charge is 0.310 e. The normalized spacial score (nSPS) is 13.7. The van der Waals surface area contributed by atoms with Crippen LogP contribution < -0.4 is 5.32 Å². The van der Waals surface area contributed by atoms with E-state index in [0.717, 1.165) is 30.9 Å². The molecule has 1 atom stereocenters. The summed E-state index contributed by atoms with van der Waals surface area (Å²) >= 11 is 0. The second-order valence-electron chi connectivity index (χ2n) is 6.24. The van der Waals surface area contributed by atoms with Crippen molar-refractivity contribution in [2.24, 2.45) is 5.41 Å². The van der Waals surface area contributed by atoms with E-state index in [1.54, 1.807) is 0 Å². The van der Waals surface area contributed by atoms with Crippen LogP contribution in [0.2, 0.25) is 0 Å². The lowest BCUT2D eigenvalue weighted by Gasteiger charge is -2.19. The Morgan fingerprint density at radius 2 is 2.00 bits per heavy atom. The van der Waals surface area contributed by atoms with Crippen LogP contribution in [0.15, 0.2) is 6.20 Å². The third kappa shape index (κ3) is 4.73. The minimum Gasteiger partial charge on any atom is -0.310 e. The van der Waals surface area contributed by atoms with E-state index in [1.165, 1.54) is 5.56 Å². The molecule has 1 N–H and O–H groups in total. The molecule has 0 aliphatic carbocycles. The first kappa shape index (κ1) is 15.1. The molecule has 0 radical (unpaired) electrons. The number of nitrogens with zero attached hydrogens (tertiary/aromatic N) is 2. The minimum absolute atomic E-state index is 0.236. The fourth-order valence-electron chi connectivity index (χ4n) is 1.98. The molecule has 0 amide bonds. The molecule has 0 fully saturated rings. The molecule has 0 aliphatic rings. The Bertz CT molecular complexity index is 380. The monoisotopic (exact) mass is 249 g/mol. The highest BCUT2D eigenvalue weighted by Gasteiger charge is 2.15. The zero-order valence-electron chi connectivity index (χ0n) is 12.7. The fraction of sp³-hybridized carbons (Fsp3) is 0.733. The fourth-order valence-corrected chi connectivity index (χ4v) is 1.98. The Hall–Kier alpha value is -0.960. The first-order valence-electron chi connectivity index (χ1n) is 6.89. The highest BCUT2D eigenvalue weighted by molar-refractivity contribution is 5.20. The van der Waals surface area contributed by atoms with Gasteiger partial charge in [0.25, 0.3) is 0 Å². The van der Waals surface area contributed by atoms with Crippen molar-refractivity contribution < 1.29 is 0 Å². The summed E-state index contributed by atoms with van der Waals surface area (Å²) in [5.41, 5.74) is 2.54. The van der Waals surface area contributed by atoms with Crippen LogP contribution in [0, 0.1) is 12.3 Å². The van der Waals surface area contributed by atoms with Gasteiger partial charge in [-0.1, -0.05) is 27.7 Å². The van der Waals surface area contributed by atoms with Gasteiger partial charge in [-0.3, -0.25) is 0 Å². The SMILES string of the molecule is CCCNC(C)c1cnc(CC(C)(C)C)nc1C. The quantitative estimate of drug-likeness (QED) is 0.868. The maximum absolute atomic E-state index is 4.64. The number of rotatable bonds is 5. The van der Waals surface area contributed by atoms with Crippen LogP contribution in [0.4, 0.5) is 0 Å². The molecule has 0 saturated carbocycles. The van der Waals surface area contributed by atoms with Gasteiger partial charge in [0.05, 0.1) is 0 Å². The van der Waals surface area contributed by atoms with E-state index >= 15 is 0 Å². The Morgan fingerprint density at radius 3 is 2.50 bits per heavy atom. The third-order valence-electron chi connectivity index (χ3n) is 2.92. The second-order valence-corrected chi connectivity index (χ2v) is 6.24. The predicted molar refractivity (Wildman–Crippen MR) is 76.6 cm³/mol. The summed E-state index contributed by atoms with van der Waals surface area (Å²) in [7, 11) is 0. The van der Waals surface area contributed by atoms with Gasteiger partial charge in [0.15, 0.2) is 0 Å². The van der Waals surface area contributed by atoms with Crippen molar-refractivity contribution in [3.63, 3.8) is 0 Å². The van der Waals surface area contributed by atoms with E-state index in [0.29, 0.717) is 6.04 Å². The summed E-state index contributed by atoms with van der Waals surface area (Å²) in [6, 6.07) is 0.327. The molecule has 0 saturated heterocycles. The smallest absolute Gasteiger partial charge is 0.129 e. The molecular weight excluding hydrogens is 222 g/mol. The molecule has 18 heavy (non-hydrogen) atoms. The van der Waals surface area contributed by atoms with Crippen LogP contribution in [-0.4, -0.2) is 16.5 Å². The van der Waals surface area contributed by atoms with Crippen LogP contribution in [0.3, 0.4) is 0 Å². The molecule has 3 heteroatoms. The summed E-state index contributed by atoms with van der Waals surface area (Å²) in [4.78, 5) is 9.14. The van der Waals surface area contributed by atoms with Crippen molar-refractivity contribution in [1.29, 1.82) is 0 Å². The third-order valence-corrected chi connectivity index (χ3v) is 2.92. The topological polar surface area (TPSA) is 37.8 Å². The molecule has 0 bridgehead atoms. The second kappa shape index (κ2) is 6.28.